The van der Waals surface area contributed by atoms with E-state index >= 15 is 0 Å². The zero-order valence-corrected chi connectivity index (χ0v) is 14.2. The summed E-state index contributed by atoms with van der Waals surface area (Å²) in [6, 6.07) is 0. The van der Waals surface area contributed by atoms with Crippen LogP contribution >= 0.6 is 0 Å². The van der Waals surface area contributed by atoms with E-state index in [1.807, 2.05) is 27.7 Å². The van der Waals surface area contributed by atoms with Gasteiger partial charge >= 0.3 is 8.32 Å². The van der Waals surface area contributed by atoms with Crippen LogP contribution < -0.4 is 0 Å². The minimum atomic E-state index is -2.55. The Kier molecular flexibility index (Phi) is 8.52. The molecule has 17 heavy (non-hydrogen) atoms. The average molecular weight is 281 g/mol. The molecule has 0 saturated carbocycles. The maximum absolute atomic E-state index is 5.95. The maximum Gasteiger partial charge on any atom is 0.472 e. The zero-order valence-electron chi connectivity index (χ0n) is 12.2. The van der Waals surface area contributed by atoms with Crippen LogP contribution in [0.15, 0.2) is 0 Å². The molecule has 0 atom stereocenters. The quantitative estimate of drug-likeness (QED) is 0.576. The van der Waals surface area contributed by atoms with Crippen molar-refractivity contribution in [1.29, 1.82) is 0 Å². The standard InChI is InChI=1S/C11H28O4Si2/c1-7-12-11-16(5,6)17(13-8-2,14-9-3)15-10-4/h7-11H2,1-6H3. The van der Waals surface area contributed by atoms with Crippen LogP contribution in [-0.4, -0.2) is 48.6 Å². The predicted octanol–water partition coefficient (Wildman–Crippen LogP) is 2.40. The number of rotatable bonds is 10. The van der Waals surface area contributed by atoms with Crippen molar-refractivity contribution in [2.45, 2.75) is 40.8 Å². The van der Waals surface area contributed by atoms with E-state index in [0.717, 1.165) is 12.8 Å². The monoisotopic (exact) mass is 280 g/mol. The van der Waals surface area contributed by atoms with Gasteiger partial charge in [0.05, 0.1) is 0 Å². The molecule has 4 nitrogen and oxygen atoms in total. The number of hydrogen-bond acceptors (Lipinski definition) is 4. The topological polar surface area (TPSA) is 36.9 Å². The smallest absolute Gasteiger partial charge is 0.385 e. The van der Waals surface area contributed by atoms with E-state index in [1.165, 1.54) is 0 Å². The highest BCUT2D eigenvalue weighted by Gasteiger charge is 2.56. The lowest BCUT2D eigenvalue weighted by Gasteiger charge is -2.39. The van der Waals surface area contributed by atoms with Gasteiger partial charge in [0.2, 0.25) is 0 Å². The molecule has 0 aromatic heterocycles. The fraction of sp³-hybridized carbons (Fsp3) is 1.00. The molecule has 0 amide bonds. The molecule has 0 heterocycles. The predicted molar refractivity (Wildman–Crippen MR) is 74.6 cm³/mol. The van der Waals surface area contributed by atoms with Gasteiger partial charge in [-0.05, 0) is 27.7 Å². The van der Waals surface area contributed by atoms with Crippen molar-refractivity contribution >= 4 is 15.9 Å². The molecule has 0 bridgehead atoms. The van der Waals surface area contributed by atoms with E-state index in [1.54, 1.807) is 0 Å². The SMILES string of the molecule is CCOC[Si](C)(C)[Si](OCC)(OCC)OCC. The largest absolute Gasteiger partial charge is 0.472 e. The third-order valence-corrected chi connectivity index (χ3v) is 13.8. The fourth-order valence-corrected chi connectivity index (χ4v) is 10.8. The van der Waals surface area contributed by atoms with Gasteiger partial charge in [-0.1, -0.05) is 13.1 Å². The van der Waals surface area contributed by atoms with E-state index in [9.17, 15) is 0 Å². The fourth-order valence-electron chi connectivity index (χ4n) is 1.73. The summed E-state index contributed by atoms with van der Waals surface area (Å²) in [6.07, 6.45) is 0.732. The number of hydrogen-bond donors (Lipinski definition) is 0. The Balaban J connectivity index is 4.93. The molecule has 6 heteroatoms. The van der Waals surface area contributed by atoms with E-state index < -0.39 is 15.9 Å². The molecule has 0 unspecified atom stereocenters. The van der Waals surface area contributed by atoms with Crippen molar-refractivity contribution in [3.63, 3.8) is 0 Å². The molecule has 0 saturated heterocycles. The molecule has 0 fully saturated rings. The van der Waals surface area contributed by atoms with Gasteiger partial charge in [-0.15, -0.1) is 0 Å². The highest BCUT2D eigenvalue weighted by atomic mass is 29.3. The molecular weight excluding hydrogens is 252 g/mol. The van der Waals surface area contributed by atoms with Crippen molar-refractivity contribution in [2.75, 3.05) is 32.7 Å². The lowest BCUT2D eigenvalue weighted by Crippen LogP contribution is -2.68. The van der Waals surface area contributed by atoms with Crippen molar-refractivity contribution in [2.24, 2.45) is 0 Å². The van der Waals surface area contributed by atoms with Crippen LogP contribution in [0.1, 0.15) is 27.7 Å². The van der Waals surface area contributed by atoms with Crippen LogP contribution in [0.3, 0.4) is 0 Å². The third-order valence-electron chi connectivity index (χ3n) is 2.50. The molecule has 0 aliphatic heterocycles. The van der Waals surface area contributed by atoms with Crippen LogP contribution in [0.2, 0.25) is 13.1 Å². The van der Waals surface area contributed by atoms with Crippen LogP contribution in [-0.2, 0) is 18.0 Å². The first kappa shape index (κ1) is 17.3. The summed E-state index contributed by atoms with van der Waals surface area (Å²) in [6.45, 7) is 15.1. The third kappa shape index (κ3) is 4.80. The van der Waals surface area contributed by atoms with E-state index in [2.05, 4.69) is 13.1 Å². The lowest BCUT2D eigenvalue weighted by molar-refractivity contribution is 0.0872. The van der Waals surface area contributed by atoms with Crippen molar-refractivity contribution < 1.29 is 18.0 Å². The molecule has 0 aromatic carbocycles. The first-order valence-electron chi connectivity index (χ1n) is 6.49. The van der Waals surface area contributed by atoms with Crippen molar-refractivity contribution in [3.05, 3.63) is 0 Å². The minimum Gasteiger partial charge on any atom is -0.385 e. The molecule has 0 radical (unpaired) electrons. The van der Waals surface area contributed by atoms with Gasteiger partial charge in [-0.25, -0.2) is 0 Å². The Hall–Kier alpha value is 0.274. The van der Waals surface area contributed by atoms with E-state index in [-0.39, 0.29) is 0 Å². The summed E-state index contributed by atoms with van der Waals surface area (Å²) in [5.41, 5.74) is 0. The average Bonchev–Trinajstić information content (AvgIpc) is 2.27. The van der Waals surface area contributed by atoms with E-state index in [0.29, 0.717) is 19.8 Å². The maximum atomic E-state index is 5.95. The summed E-state index contributed by atoms with van der Waals surface area (Å²) in [5.74, 6) is 0. The zero-order chi connectivity index (χ0) is 13.4. The van der Waals surface area contributed by atoms with Crippen molar-refractivity contribution in [1.82, 2.24) is 0 Å². The Labute approximate surface area is 108 Å². The molecule has 0 aliphatic carbocycles. The lowest BCUT2D eigenvalue weighted by atomic mass is 10.9. The second kappa shape index (κ2) is 8.39. The second-order valence-corrected chi connectivity index (χ2v) is 16.3. The summed E-state index contributed by atoms with van der Waals surface area (Å²) < 4.78 is 23.4. The van der Waals surface area contributed by atoms with Gasteiger partial charge in [0.15, 0.2) is 7.59 Å². The summed E-state index contributed by atoms with van der Waals surface area (Å²) in [4.78, 5) is 0. The van der Waals surface area contributed by atoms with Gasteiger partial charge in [-0.3, -0.25) is 0 Å². The van der Waals surface area contributed by atoms with Gasteiger partial charge in [0.1, 0.15) is 0 Å². The highest BCUT2D eigenvalue weighted by molar-refractivity contribution is 7.34. The van der Waals surface area contributed by atoms with Gasteiger partial charge < -0.3 is 18.0 Å². The summed E-state index contributed by atoms with van der Waals surface area (Å²) in [5, 5.41) is 0. The first-order valence-corrected chi connectivity index (χ1v) is 12.4. The molecule has 0 rings (SSSR count). The Bertz CT molecular complexity index is 183. The molecule has 0 aliphatic rings. The molecular formula is C11H28O4Si2. The van der Waals surface area contributed by atoms with Gasteiger partial charge in [0.25, 0.3) is 0 Å². The van der Waals surface area contributed by atoms with Crippen LogP contribution in [0.25, 0.3) is 0 Å². The van der Waals surface area contributed by atoms with Gasteiger partial charge in [-0.2, -0.15) is 0 Å². The second-order valence-electron chi connectivity index (χ2n) is 4.38. The Morgan fingerprint density at radius 1 is 0.706 bits per heavy atom. The summed E-state index contributed by atoms with van der Waals surface area (Å²) in [7, 11) is -4.36. The highest BCUT2D eigenvalue weighted by Crippen LogP contribution is 2.24. The van der Waals surface area contributed by atoms with Crippen molar-refractivity contribution in [3.8, 4) is 0 Å². The first-order chi connectivity index (χ1) is 7.99. The molecule has 0 N–H and O–H groups in total. The molecule has 104 valence electrons. The normalized spacial score (nSPS) is 13.1. The van der Waals surface area contributed by atoms with Crippen LogP contribution in [0.5, 0.6) is 0 Å². The van der Waals surface area contributed by atoms with Crippen LogP contribution in [0, 0.1) is 0 Å². The summed E-state index contributed by atoms with van der Waals surface area (Å²) >= 11 is 0. The molecule has 0 aromatic rings. The minimum absolute atomic E-state index is 0.634. The van der Waals surface area contributed by atoms with E-state index in [4.69, 9.17) is 18.0 Å². The number of ether oxygens (including phenoxy) is 1. The van der Waals surface area contributed by atoms with Gasteiger partial charge in [0, 0.05) is 32.7 Å². The van der Waals surface area contributed by atoms with Crippen LogP contribution in [0.4, 0.5) is 0 Å². The Morgan fingerprint density at radius 3 is 1.41 bits per heavy atom. The molecule has 0 spiro atoms. The Morgan fingerprint density at radius 2 is 1.12 bits per heavy atom.